The van der Waals surface area contributed by atoms with Crippen LogP contribution in [0.5, 0.6) is 0 Å². The van der Waals surface area contributed by atoms with Gasteiger partial charge in [0.15, 0.2) is 0 Å². The number of halogens is 2. The zero-order valence-corrected chi connectivity index (χ0v) is 27.7. The van der Waals surface area contributed by atoms with E-state index in [-0.39, 0.29) is 29.5 Å². The molecule has 1 aliphatic carbocycles. The highest BCUT2D eigenvalue weighted by atomic mass is 35.5. The van der Waals surface area contributed by atoms with Crippen LogP contribution in [0.2, 0.25) is 5.02 Å². The zero-order valence-electron chi connectivity index (χ0n) is 26.9. The van der Waals surface area contributed by atoms with Crippen LogP contribution in [-0.2, 0) is 38.3 Å². The predicted molar refractivity (Wildman–Crippen MR) is 173 cm³/mol. The number of likely N-dealkylation sites (tertiary alicyclic amines) is 1. The van der Waals surface area contributed by atoms with Gasteiger partial charge in [0.1, 0.15) is 17.5 Å². The van der Waals surface area contributed by atoms with E-state index in [0.717, 1.165) is 31.2 Å². The van der Waals surface area contributed by atoms with Gasteiger partial charge in [-0.2, -0.15) is 0 Å². The second-order valence-corrected chi connectivity index (χ2v) is 14.7. The van der Waals surface area contributed by atoms with Crippen molar-refractivity contribution >= 4 is 23.5 Å². The van der Waals surface area contributed by atoms with Crippen LogP contribution in [0.25, 0.3) is 0 Å². The molecule has 9 heteroatoms. The molecule has 1 amide bonds. The van der Waals surface area contributed by atoms with Gasteiger partial charge in [-0.05, 0) is 93.7 Å². The van der Waals surface area contributed by atoms with Crippen LogP contribution in [0.4, 0.5) is 4.39 Å². The minimum Gasteiger partial charge on any atom is -0.459 e. The van der Waals surface area contributed by atoms with Crippen molar-refractivity contribution in [2.45, 2.75) is 82.9 Å². The molecular weight excluding hydrogens is 593 g/mol. The van der Waals surface area contributed by atoms with Gasteiger partial charge in [0.05, 0.1) is 5.92 Å². The minimum absolute atomic E-state index is 0.0657. The van der Waals surface area contributed by atoms with E-state index in [2.05, 4.69) is 28.0 Å². The van der Waals surface area contributed by atoms with E-state index < -0.39 is 11.6 Å². The Labute approximate surface area is 272 Å². The number of aryl methyl sites for hydroxylation is 2. The van der Waals surface area contributed by atoms with Crippen LogP contribution in [0.15, 0.2) is 36.4 Å². The highest BCUT2D eigenvalue weighted by Crippen LogP contribution is 2.38. The van der Waals surface area contributed by atoms with Crippen molar-refractivity contribution in [1.29, 1.82) is 0 Å². The number of benzene rings is 2. The maximum absolute atomic E-state index is 15.2. The maximum Gasteiger partial charge on any atom is 0.324 e. The summed E-state index contributed by atoms with van der Waals surface area (Å²) in [6, 6.07) is 11.4. The number of ether oxygens (including phenoxy) is 2. The summed E-state index contributed by atoms with van der Waals surface area (Å²) in [5, 5.41) is 0.356. The summed E-state index contributed by atoms with van der Waals surface area (Å²) in [7, 11) is 0. The van der Waals surface area contributed by atoms with Crippen molar-refractivity contribution in [2.24, 2.45) is 5.92 Å². The fourth-order valence-corrected chi connectivity index (χ4v) is 7.90. The Hall–Kier alpha value is -2.52. The average Bonchev–Trinajstić information content (AvgIpc) is 3.67. The van der Waals surface area contributed by atoms with Gasteiger partial charge in [0.25, 0.3) is 0 Å². The summed E-state index contributed by atoms with van der Waals surface area (Å²) in [5.41, 5.74) is 3.93. The van der Waals surface area contributed by atoms with Gasteiger partial charge in [-0.1, -0.05) is 35.9 Å². The molecule has 0 N–H and O–H groups in total. The van der Waals surface area contributed by atoms with Crippen molar-refractivity contribution in [3.63, 3.8) is 0 Å². The highest BCUT2D eigenvalue weighted by molar-refractivity contribution is 6.30. The SMILES string of the molecule is CC(C)(C)OC(=O)[C@H](Cc1ccc2c(c1)CCC2)N1CCN(C(=O)[C@@H]2CN(C3CCOCC3)C[C@H]2c2ccc(Cl)cc2F)CC1. The molecule has 0 bridgehead atoms. The molecule has 2 aromatic carbocycles. The van der Waals surface area contributed by atoms with E-state index in [1.165, 1.54) is 23.6 Å². The average molecular weight is 640 g/mol. The lowest BCUT2D eigenvalue weighted by Crippen LogP contribution is -2.56. The van der Waals surface area contributed by atoms with Gasteiger partial charge < -0.3 is 14.4 Å². The number of hydrogen-bond donors (Lipinski definition) is 0. The molecule has 0 unspecified atom stereocenters. The van der Waals surface area contributed by atoms with Crippen LogP contribution in [-0.4, -0.2) is 96.7 Å². The number of amides is 1. The maximum atomic E-state index is 15.2. The largest absolute Gasteiger partial charge is 0.459 e. The Morgan fingerprint density at radius 3 is 2.44 bits per heavy atom. The van der Waals surface area contributed by atoms with Crippen LogP contribution >= 0.6 is 11.6 Å². The van der Waals surface area contributed by atoms with Gasteiger partial charge >= 0.3 is 5.97 Å². The molecule has 3 saturated heterocycles. The molecule has 0 radical (unpaired) electrons. The zero-order chi connectivity index (χ0) is 31.7. The lowest BCUT2D eigenvalue weighted by molar-refractivity contribution is -0.162. The molecule has 0 saturated carbocycles. The molecule has 4 aliphatic rings. The third kappa shape index (κ3) is 7.56. The lowest BCUT2D eigenvalue weighted by atomic mass is 9.87. The molecule has 3 fully saturated rings. The monoisotopic (exact) mass is 639 g/mol. The summed E-state index contributed by atoms with van der Waals surface area (Å²) in [5.74, 6) is -1.09. The Morgan fingerprint density at radius 2 is 1.73 bits per heavy atom. The summed E-state index contributed by atoms with van der Waals surface area (Å²) < 4.78 is 26.7. The van der Waals surface area contributed by atoms with Crippen molar-refractivity contribution in [3.8, 4) is 0 Å². The quantitative estimate of drug-likeness (QED) is 0.386. The normalized spacial score (nSPS) is 24.1. The van der Waals surface area contributed by atoms with Crippen LogP contribution in [0.3, 0.4) is 0 Å². The van der Waals surface area contributed by atoms with Crippen molar-refractivity contribution in [1.82, 2.24) is 14.7 Å². The fourth-order valence-electron chi connectivity index (χ4n) is 7.75. The molecule has 45 heavy (non-hydrogen) atoms. The molecule has 244 valence electrons. The smallest absolute Gasteiger partial charge is 0.324 e. The molecule has 3 aliphatic heterocycles. The van der Waals surface area contributed by atoms with Crippen molar-refractivity contribution in [2.75, 3.05) is 52.5 Å². The second kappa shape index (κ2) is 13.7. The van der Waals surface area contributed by atoms with E-state index in [9.17, 15) is 9.59 Å². The summed E-state index contributed by atoms with van der Waals surface area (Å²) in [6.45, 7) is 10.6. The predicted octanol–water partition coefficient (Wildman–Crippen LogP) is 5.26. The standard InChI is InChI=1S/C36H47ClFN3O4/c1-36(2,3)45-35(43)33(20-24-7-8-25-5-4-6-26(25)19-24)39-13-15-40(16-14-39)34(42)31-23-41(28-11-17-44-18-12-28)22-30(31)29-10-9-27(37)21-32(29)38/h7-10,19,21,28,30-31,33H,4-6,11-18,20,22-23H2,1-3H3/t30-,31+,33-/m0/s1. The third-order valence-electron chi connectivity index (χ3n) is 10.1. The van der Waals surface area contributed by atoms with Gasteiger partial charge in [-0.3, -0.25) is 19.4 Å². The van der Waals surface area contributed by atoms with Crippen LogP contribution in [0.1, 0.15) is 68.2 Å². The first-order valence-corrected chi connectivity index (χ1v) is 17.1. The van der Waals surface area contributed by atoms with E-state index in [1.54, 1.807) is 12.1 Å². The van der Waals surface area contributed by atoms with Crippen molar-refractivity contribution in [3.05, 3.63) is 69.5 Å². The number of carbonyl (C=O) groups excluding carboxylic acids is 2. The molecule has 3 atom stereocenters. The highest BCUT2D eigenvalue weighted by Gasteiger charge is 2.44. The number of piperazine rings is 1. The molecular formula is C36H47ClFN3O4. The van der Waals surface area contributed by atoms with Crippen LogP contribution in [0, 0.1) is 11.7 Å². The Morgan fingerprint density at radius 1 is 1.00 bits per heavy atom. The first-order valence-electron chi connectivity index (χ1n) is 16.7. The first kappa shape index (κ1) is 32.4. The third-order valence-corrected chi connectivity index (χ3v) is 10.3. The van der Waals surface area contributed by atoms with Gasteiger partial charge in [0.2, 0.25) is 5.91 Å². The molecule has 0 spiro atoms. The van der Waals surface area contributed by atoms with E-state index in [4.69, 9.17) is 21.1 Å². The van der Waals surface area contributed by atoms with Gasteiger partial charge in [0, 0.05) is 69.5 Å². The number of carbonyl (C=O) groups is 2. The number of hydrogen-bond acceptors (Lipinski definition) is 6. The lowest BCUT2D eigenvalue weighted by Gasteiger charge is -2.40. The summed E-state index contributed by atoms with van der Waals surface area (Å²) in [4.78, 5) is 34.2. The summed E-state index contributed by atoms with van der Waals surface area (Å²) in [6.07, 6.45) is 5.83. The Balaban J connectivity index is 1.17. The van der Waals surface area contributed by atoms with Gasteiger partial charge in [-0.25, -0.2) is 4.39 Å². The first-order chi connectivity index (χ1) is 21.6. The Kier molecular flexibility index (Phi) is 9.86. The van der Waals surface area contributed by atoms with E-state index in [1.807, 2.05) is 25.7 Å². The molecule has 3 heterocycles. The van der Waals surface area contributed by atoms with E-state index >= 15 is 4.39 Å². The molecule has 2 aromatic rings. The summed E-state index contributed by atoms with van der Waals surface area (Å²) >= 11 is 6.09. The number of nitrogens with zero attached hydrogens (tertiary/aromatic N) is 3. The second-order valence-electron chi connectivity index (χ2n) is 14.2. The van der Waals surface area contributed by atoms with Crippen molar-refractivity contribution < 1.29 is 23.5 Å². The van der Waals surface area contributed by atoms with E-state index in [0.29, 0.717) is 75.5 Å². The minimum atomic E-state index is -0.587. The molecule has 6 rings (SSSR count). The fraction of sp³-hybridized carbons (Fsp3) is 0.611. The van der Waals surface area contributed by atoms with Gasteiger partial charge in [-0.15, -0.1) is 0 Å². The topological polar surface area (TPSA) is 62.3 Å². The molecule has 7 nitrogen and oxygen atoms in total. The number of rotatable bonds is 7. The number of fused-ring (bicyclic) bond motifs is 1. The van der Waals surface area contributed by atoms with Crippen LogP contribution < -0.4 is 0 Å². The Bertz CT molecular complexity index is 1380. The molecule has 0 aromatic heterocycles. The number of esters is 1.